The molecule has 134 valence electrons. The summed E-state index contributed by atoms with van der Waals surface area (Å²) in [6.07, 6.45) is 3.97. The van der Waals surface area contributed by atoms with Crippen LogP contribution in [0.3, 0.4) is 0 Å². The highest BCUT2D eigenvalue weighted by Crippen LogP contribution is 2.32. The van der Waals surface area contributed by atoms with E-state index in [-0.39, 0.29) is 11.2 Å². The van der Waals surface area contributed by atoms with E-state index in [1.165, 1.54) is 17.3 Å². The van der Waals surface area contributed by atoms with E-state index < -0.39 is 0 Å². The Morgan fingerprint density at radius 2 is 2.15 bits per heavy atom. The van der Waals surface area contributed by atoms with Gasteiger partial charge in [0.25, 0.3) is 0 Å². The van der Waals surface area contributed by atoms with Crippen molar-refractivity contribution in [2.75, 3.05) is 11.4 Å². The molecule has 1 aromatic heterocycles. The van der Waals surface area contributed by atoms with Crippen molar-refractivity contribution in [3.63, 3.8) is 0 Å². The average Bonchev–Trinajstić information content (AvgIpc) is 3.10. The predicted octanol–water partition coefficient (Wildman–Crippen LogP) is 4.37. The van der Waals surface area contributed by atoms with Gasteiger partial charge in [0.2, 0.25) is 5.91 Å². The van der Waals surface area contributed by atoms with Crippen molar-refractivity contribution < 1.29 is 4.79 Å². The van der Waals surface area contributed by atoms with E-state index in [0.29, 0.717) is 10.6 Å². The molecule has 0 fully saturated rings. The van der Waals surface area contributed by atoms with E-state index in [4.69, 9.17) is 0 Å². The molecule has 3 rings (SSSR count). The molecule has 26 heavy (non-hydrogen) atoms. The second-order valence-electron chi connectivity index (χ2n) is 6.50. The van der Waals surface area contributed by atoms with Crippen LogP contribution in [0.15, 0.2) is 41.4 Å². The zero-order valence-electron chi connectivity index (χ0n) is 15.2. The third-order valence-corrected chi connectivity index (χ3v) is 5.70. The van der Waals surface area contributed by atoms with Crippen molar-refractivity contribution in [3.05, 3.63) is 53.2 Å². The van der Waals surface area contributed by atoms with Gasteiger partial charge in [-0.2, -0.15) is 5.26 Å². The van der Waals surface area contributed by atoms with Gasteiger partial charge in [-0.05, 0) is 49.9 Å². The van der Waals surface area contributed by atoms with E-state index in [0.717, 1.165) is 43.6 Å². The van der Waals surface area contributed by atoms with Crippen LogP contribution in [0, 0.1) is 11.3 Å². The number of fused-ring (bicyclic) bond motifs is 1. The van der Waals surface area contributed by atoms with Crippen LogP contribution < -0.4 is 4.90 Å². The number of aromatic nitrogens is 1. The van der Waals surface area contributed by atoms with Crippen LogP contribution in [0.1, 0.15) is 43.5 Å². The van der Waals surface area contributed by atoms with Gasteiger partial charge in [-0.3, -0.25) is 4.79 Å². The Morgan fingerprint density at radius 1 is 1.35 bits per heavy atom. The van der Waals surface area contributed by atoms with Crippen LogP contribution in [-0.4, -0.2) is 22.7 Å². The molecule has 1 aliphatic rings. The van der Waals surface area contributed by atoms with E-state index in [1.54, 1.807) is 0 Å². The highest BCUT2D eigenvalue weighted by molar-refractivity contribution is 8.00. The number of hydrogen-bond acceptors (Lipinski definition) is 4. The van der Waals surface area contributed by atoms with Gasteiger partial charge in [0, 0.05) is 17.9 Å². The smallest absolute Gasteiger partial charge is 0.240 e. The number of rotatable bonds is 6. The molecular formula is C21H23N3OS. The number of unbranched alkanes of at least 4 members (excludes halogenated alkanes) is 1. The predicted molar refractivity (Wildman–Crippen MR) is 105 cm³/mol. The Morgan fingerprint density at radius 3 is 2.92 bits per heavy atom. The summed E-state index contributed by atoms with van der Waals surface area (Å²) < 4.78 is 0. The molecule has 1 atom stereocenters. The first-order chi connectivity index (χ1) is 12.6. The van der Waals surface area contributed by atoms with Crippen molar-refractivity contribution in [2.24, 2.45) is 0 Å². The van der Waals surface area contributed by atoms with Gasteiger partial charge in [-0.15, -0.1) is 0 Å². The van der Waals surface area contributed by atoms with Crippen LogP contribution in [0.4, 0.5) is 5.69 Å². The molecule has 0 saturated heterocycles. The third kappa shape index (κ3) is 3.91. The number of nitriles is 1. The molecule has 0 radical (unpaired) electrons. The number of nitrogens with zero attached hydrogens (tertiary/aromatic N) is 3. The number of pyridine rings is 1. The Labute approximate surface area is 159 Å². The van der Waals surface area contributed by atoms with E-state index in [9.17, 15) is 10.1 Å². The van der Waals surface area contributed by atoms with Gasteiger partial charge in [-0.25, -0.2) is 4.98 Å². The fourth-order valence-electron chi connectivity index (χ4n) is 3.16. The number of para-hydroxylation sites is 1. The Balaban J connectivity index is 1.76. The lowest BCUT2D eigenvalue weighted by Crippen LogP contribution is -2.35. The number of aryl methyl sites for hydroxylation is 1. The average molecular weight is 366 g/mol. The van der Waals surface area contributed by atoms with Crippen molar-refractivity contribution >= 4 is 23.4 Å². The summed E-state index contributed by atoms with van der Waals surface area (Å²) in [7, 11) is 0. The minimum absolute atomic E-state index is 0.0737. The first-order valence-corrected chi connectivity index (χ1v) is 9.98. The lowest BCUT2D eigenvalue weighted by Gasteiger charge is -2.21. The summed E-state index contributed by atoms with van der Waals surface area (Å²) in [6, 6.07) is 14.0. The minimum Gasteiger partial charge on any atom is -0.311 e. The van der Waals surface area contributed by atoms with Crippen LogP contribution >= 0.6 is 11.8 Å². The molecule has 4 nitrogen and oxygen atoms in total. The summed E-state index contributed by atoms with van der Waals surface area (Å²) in [5.41, 5.74) is 3.75. The minimum atomic E-state index is -0.290. The monoisotopic (exact) mass is 365 g/mol. The fourth-order valence-corrected chi connectivity index (χ4v) is 4.13. The number of anilines is 1. The van der Waals surface area contributed by atoms with Crippen molar-refractivity contribution in [2.45, 2.75) is 49.8 Å². The second kappa shape index (κ2) is 8.37. The lowest BCUT2D eigenvalue weighted by molar-refractivity contribution is -0.117. The van der Waals surface area contributed by atoms with Crippen LogP contribution in [0.25, 0.3) is 0 Å². The summed E-state index contributed by atoms with van der Waals surface area (Å²) in [5.74, 6) is 0.0737. The molecule has 1 amide bonds. The highest BCUT2D eigenvalue weighted by atomic mass is 32.2. The molecule has 0 aliphatic carbocycles. The maximum atomic E-state index is 13.0. The van der Waals surface area contributed by atoms with E-state index >= 15 is 0 Å². The molecule has 1 aromatic carbocycles. The van der Waals surface area contributed by atoms with Gasteiger partial charge in [0.15, 0.2) is 0 Å². The number of thioether (sulfide) groups is 1. The largest absolute Gasteiger partial charge is 0.311 e. The first-order valence-electron chi connectivity index (χ1n) is 9.10. The third-order valence-electron chi connectivity index (χ3n) is 4.61. The zero-order valence-corrected chi connectivity index (χ0v) is 16.1. The molecule has 1 unspecified atom stereocenters. The SMILES string of the molecule is CCCCc1ccc(C#N)c(SC(C)C(=O)N2CCc3ccccc32)n1. The lowest BCUT2D eigenvalue weighted by atomic mass is 10.2. The van der Waals surface area contributed by atoms with E-state index in [1.807, 2.05) is 42.2 Å². The number of hydrogen-bond donors (Lipinski definition) is 0. The molecule has 0 saturated carbocycles. The molecule has 0 spiro atoms. The first kappa shape index (κ1) is 18.5. The number of carbonyl (C=O) groups excluding carboxylic acids is 1. The zero-order chi connectivity index (χ0) is 18.5. The summed E-state index contributed by atoms with van der Waals surface area (Å²) in [4.78, 5) is 19.5. The van der Waals surface area contributed by atoms with Crippen LogP contribution in [0.2, 0.25) is 0 Å². The molecular weight excluding hydrogens is 342 g/mol. The topological polar surface area (TPSA) is 57.0 Å². The molecule has 2 aromatic rings. The summed E-state index contributed by atoms with van der Waals surface area (Å²) in [6.45, 7) is 4.77. The summed E-state index contributed by atoms with van der Waals surface area (Å²) in [5, 5.41) is 9.75. The van der Waals surface area contributed by atoms with Gasteiger partial charge >= 0.3 is 0 Å². The van der Waals surface area contributed by atoms with E-state index in [2.05, 4.69) is 24.0 Å². The molecule has 5 heteroatoms. The fraction of sp³-hybridized carbons (Fsp3) is 0.381. The van der Waals surface area contributed by atoms with Gasteiger partial charge in [-0.1, -0.05) is 43.3 Å². The Hall–Kier alpha value is -2.32. The van der Waals surface area contributed by atoms with Crippen LogP contribution in [0.5, 0.6) is 0 Å². The molecule has 1 aliphatic heterocycles. The van der Waals surface area contributed by atoms with Gasteiger partial charge in [0.1, 0.15) is 11.1 Å². The number of amides is 1. The van der Waals surface area contributed by atoms with Crippen LogP contribution in [-0.2, 0) is 17.6 Å². The summed E-state index contributed by atoms with van der Waals surface area (Å²) >= 11 is 1.39. The highest BCUT2D eigenvalue weighted by Gasteiger charge is 2.29. The number of benzene rings is 1. The second-order valence-corrected chi connectivity index (χ2v) is 7.83. The quantitative estimate of drug-likeness (QED) is 0.714. The van der Waals surface area contributed by atoms with Crippen molar-refractivity contribution in [3.8, 4) is 6.07 Å². The molecule has 2 heterocycles. The van der Waals surface area contributed by atoms with Crippen molar-refractivity contribution in [1.82, 2.24) is 4.98 Å². The Kier molecular flexibility index (Phi) is 5.95. The molecule has 0 N–H and O–H groups in total. The van der Waals surface area contributed by atoms with Gasteiger partial charge < -0.3 is 4.90 Å². The standard InChI is InChI=1S/C21H23N3OS/c1-3-4-8-18-11-10-17(14-22)20(23-18)26-15(2)21(25)24-13-12-16-7-5-6-9-19(16)24/h5-7,9-11,15H,3-4,8,12-13H2,1-2H3. The Bertz CT molecular complexity index is 843. The maximum absolute atomic E-state index is 13.0. The molecule has 0 bridgehead atoms. The number of carbonyl (C=O) groups is 1. The van der Waals surface area contributed by atoms with Crippen molar-refractivity contribution in [1.29, 1.82) is 5.26 Å². The van der Waals surface area contributed by atoms with Gasteiger partial charge in [0.05, 0.1) is 10.8 Å². The normalized spacial score (nSPS) is 14.0. The maximum Gasteiger partial charge on any atom is 0.240 e.